The number of halogens is 6. The molecule has 0 saturated carbocycles. The standard InChI is InChI=1S/C32H40I6N6O14/c33-21-17(29(55)40-3-12(50)7-45)23(35)27(24(36)18(21)30(56)41-4-13(51)8-46)39-2-11(49)1-16(54)44-28-25(37)19(31(57)42-5-14(52)9-47)22(34)20(26(28)38)32(58)43-6-15(53)10-48/h11-15,39,45-53H,1-10H2,(H,40,55)(H,41,56)(H,42,57)(H,43,58)(H,44,54). The van der Waals surface area contributed by atoms with Gasteiger partial charge in [0.1, 0.15) is 0 Å². The van der Waals surface area contributed by atoms with Crippen LogP contribution < -0.4 is 31.9 Å². The molecule has 0 aromatic heterocycles. The van der Waals surface area contributed by atoms with Gasteiger partial charge in [0.25, 0.3) is 23.6 Å². The molecular formula is C32H40I6N6O14. The fourth-order valence-corrected chi connectivity index (χ4v) is 13.5. The largest absolute Gasteiger partial charge is 0.394 e. The molecule has 0 aliphatic carbocycles. The van der Waals surface area contributed by atoms with Gasteiger partial charge in [-0.15, -0.1) is 0 Å². The third-order valence-electron chi connectivity index (χ3n) is 7.58. The average molecular weight is 1490 g/mol. The molecule has 324 valence electrons. The van der Waals surface area contributed by atoms with Gasteiger partial charge in [-0.1, -0.05) is 0 Å². The summed E-state index contributed by atoms with van der Waals surface area (Å²) in [7, 11) is 0. The molecule has 5 amide bonds. The Kier molecular flexibility index (Phi) is 24.4. The highest BCUT2D eigenvalue weighted by atomic mass is 127. The molecule has 0 bridgehead atoms. The SMILES string of the molecule is O=C(CC(O)CNc1c(I)c(C(=O)NCC(O)CO)c(I)c(C(=O)NCC(O)CO)c1I)Nc1c(I)c(C(=O)NCC(O)CO)c(I)c(C(=O)NCC(O)CO)c1I. The van der Waals surface area contributed by atoms with E-state index in [-0.39, 0.29) is 80.6 Å². The maximum Gasteiger partial charge on any atom is 0.253 e. The molecule has 0 saturated heterocycles. The molecule has 0 heterocycles. The van der Waals surface area contributed by atoms with Crippen molar-refractivity contribution in [1.29, 1.82) is 0 Å². The van der Waals surface area contributed by atoms with Gasteiger partial charge < -0.3 is 77.9 Å². The van der Waals surface area contributed by atoms with Crippen LogP contribution in [0.5, 0.6) is 0 Å². The molecule has 0 aliphatic rings. The Morgan fingerprint density at radius 2 is 0.690 bits per heavy atom. The fraction of sp³-hybridized carbons (Fsp3) is 0.469. The van der Waals surface area contributed by atoms with E-state index in [2.05, 4.69) is 31.9 Å². The summed E-state index contributed by atoms with van der Waals surface area (Å²) in [5, 5.41) is 102. The lowest BCUT2D eigenvalue weighted by atomic mass is 10.1. The number of anilines is 2. The molecule has 2 rings (SSSR count). The highest BCUT2D eigenvalue weighted by molar-refractivity contribution is 14.1. The van der Waals surface area contributed by atoms with Crippen molar-refractivity contribution in [2.75, 3.05) is 69.8 Å². The number of rotatable bonds is 22. The van der Waals surface area contributed by atoms with Crippen LogP contribution in [0.25, 0.3) is 0 Å². The summed E-state index contributed by atoms with van der Waals surface area (Å²) in [5.41, 5.74) is 0.140. The zero-order chi connectivity index (χ0) is 44.0. The summed E-state index contributed by atoms with van der Waals surface area (Å²) in [6.45, 7) is -4.13. The highest BCUT2D eigenvalue weighted by Crippen LogP contribution is 2.37. The quantitative estimate of drug-likeness (QED) is 0.0594. The van der Waals surface area contributed by atoms with E-state index >= 15 is 0 Å². The van der Waals surface area contributed by atoms with Crippen LogP contribution in [0.15, 0.2) is 0 Å². The first-order valence-corrected chi connectivity index (χ1v) is 23.1. The smallest absolute Gasteiger partial charge is 0.253 e. The van der Waals surface area contributed by atoms with E-state index in [1.54, 1.807) is 90.4 Å². The molecule has 2 aromatic rings. The Bertz CT molecular complexity index is 1720. The zero-order valence-electron chi connectivity index (χ0n) is 29.8. The van der Waals surface area contributed by atoms with Crippen LogP contribution in [0, 0.1) is 21.4 Å². The van der Waals surface area contributed by atoms with Crippen LogP contribution in [-0.4, -0.2) is 165 Å². The molecule has 0 radical (unpaired) electrons. The molecule has 5 unspecified atom stereocenters. The van der Waals surface area contributed by atoms with E-state index in [4.69, 9.17) is 0 Å². The molecule has 15 N–H and O–H groups in total. The Hall–Kier alpha value is -0.390. The summed E-state index contributed by atoms with van der Waals surface area (Å²) < 4.78 is 1.31. The first-order chi connectivity index (χ1) is 27.2. The van der Waals surface area contributed by atoms with Gasteiger partial charge in [0.2, 0.25) is 5.91 Å². The number of benzene rings is 2. The molecule has 0 spiro atoms. The third-order valence-corrected chi connectivity index (χ3v) is 14.1. The van der Waals surface area contributed by atoms with Gasteiger partial charge in [0, 0.05) is 39.9 Å². The van der Waals surface area contributed by atoms with Crippen LogP contribution in [-0.2, 0) is 4.79 Å². The molecular weight excluding hydrogens is 1450 g/mol. The summed E-state index contributed by atoms with van der Waals surface area (Å²) in [4.78, 5) is 66.8. The first-order valence-electron chi connectivity index (χ1n) is 16.7. The monoisotopic (exact) mass is 1490 g/mol. The van der Waals surface area contributed by atoms with Crippen molar-refractivity contribution in [3.8, 4) is 0 Å². The number of hydrogen-bond acceptors (Lipinski definition) is 15. The van der Waals surface area contributed by atoms with Gasteiger partial charge in [-0.05, 0) is 136 Å². The van der Waals surface area contributed by atoms with E-state index in [0.29, 0.717) is 7.14 Å². The predicted octanol–water partition coefficient (Wildman–Crippen LogP) is -1.55. The van der Waals surface area contributed by atoms with Crippen LogP contribution >= 0.6 is 136 Å². The number of nitrogens with one attached hydrogen (secondary N) is 6. The second-order valence-electron chi connectivity index (χ2n) is 12.1. The first kappa shape index (κ1) is 53.7. The van der Waals surface area contributed by atoms with Crippen molar-refractivity contribution in [3.63, 3.8) is 0 Å². The fourth-order valence-electron chi connectivity index (χ4n) is 4.54. The predicted molar refractivity (Wildman–Crippen MR) is 259 cm³/mol. The molecule has 2 aromatic carbocycles. The zero-order valence-corrected chi connectivity index (χ0v) is 42.7. The van der Waals surface area contributed by atoms with E-state index in [1.807, 2.05) is 45.2 Å². The van der Waals surface area contributed by atoms with E-state index in [1.165, 1.54) is 0 Å². The molecule has 26 heteroatoms. The minimum Gasteiger partial charge on any atom is -0.394 e. The van der Waals surface area contributed by atoms with Gasteiger partial charge in [-0.3, -0.25) is 24.0 Å². The van der Waals surface area contributed by atoms with Crippen molar-refractivity contribution in [3.05, 3.63) is 43.7 Å². The summed E-state index contributed by atoms with van der Waals surface area (Å²) >= 11 is 10.9. The lowest BCUT2D eigenvalue weighted by Gasteiger charge is -2.22. The second-order valence-corrected chi connectivity index (χ2v) is 18.6. The van der Waals surface area contributed by atoms with Crippen molar-refractivity contribution in [2.24, 2.45) is 0 Å². The van der Waals surface area contributed by atoms with E-state index in [0.717, 1.165) is 0 Å². The Morgan fingerprint density at radius 1 is 0.414 bits per heavy atom. The van der Waals surface area contributed by atoms with Crippen molar-refractivity contribution < 1.29 is 69.9 Å². The van der Waals surface area contributed by atoms with E-state index in [9.17, 15) is 69.9 Å². The van der Waals surface area contributed by atoms with Gasteiger partial charge in [-0.25, -0.2) is 0 Å². The van der Waals surface area contributed by atoms with Crippen LogP contribution in [0.1, 0.15) is 47.9 Å². The lowest BCUT2D eigenvalue weighted by molar-refractivity contribution is -0.117. The van der Waals surface area contributed by atoms with Crippen molar-refractivity contribution in [2.45, 2.75) is 36.9 Å². The normalized spacial score (nSPS) is 13.8. The number of aliphatic hydroxyl groups excluding tert-OH is 9. The number of amides is 5. The minimum atomic E-state index is -1.41. The number of hydrogen-bond donors (Lipinski definition) is 15. The van der Waals surface area contributed by atoms with Gasteiger partial charge in [-0.2, -0.15) is 0 Å². The van der Waals surface area contributed by atoms with E-state index < -0.39 is 92.9 Å². The van der Waals surface area contributed by atoms with Crippen LogP contribution in [0.2, 0.25) is 0 Å². The number of carbonyl (C=O) groups excluding carboxylic acids is 5. The van der Waals surface area contributed by atoms with Gasteiger partial charge in [0.05, 0.1) is 111 Å². The van der Waals surface area contributed by atoms with Gasteiger partial charge >= 0.3 is 0 Å². The molecule has 5 atom stereocenters. The summed E-state index contributed by atoms with van der Waals surface area (Å²) in [5.74, 6) is -3.67. The maximum atomic E-state index is 13.4. The lowest BCUT2D eigenvalue weighted by Crippen LogP contribution is -2.37. The second kappa shape index (κ2) is 26.3. The summed E-state index contributed by atoms with van der Waals surface area (Å²) in [6, 6.07) is 0. The molecule has 58 heavy (non-hydrogen) atoms. The van der Waals surface area contributed by atoms with Crippen LogP contribution in [0.4, 0.5) is 11.4 Å². The average Bonchev–Trinajstić information content (AvgIpc) is 3.18. The molecule has 0 aliphatic heterocycles. The van der Waals surface area contributed by atoms with Crippen molar-refractivity contribution >= 4 is 176 Å². The topological polar surface area (TPSA) is 340 Å². The van der Waals surface area contributed by atoms with Crippen LogP contribution in [0.3, 0.4) is 0 Å². The Labute approximate surface area is 413 Å². The Balaban J connectivity index is 2.48. The third kappa shape index (κ3) is 15.2. The van der Waals surface area contributed by atoms with Gasteiger partial charge in [0.15, 0.2) is 0 Å². The minimum absolute atomic E-state index is 0.00799. The maximum absolute atomic E-state index is 13.4. The number of aliphatic hydroxyl groups is 9. The molecule has 0 fully saturated rings. The van der Waals surface area contributed by atoms with Crippen molar-refractivity contribution in [1.82, 2.24) is 21.3 Å². The Morgan fingerprint density at radius 3 is 0.966 bits per heavy atom. The molecule has 20 nitrogen and oxygen atoms in total. The highest BCUT2D eigenvalue weighted by Gasteiger charge is 2.31. The number of carbonyl (C=O) groups is 5. The summed E-state index contributed by atoms with van der Waals surface area (Å²) in [6.07, 6.45) is -7.05.